The van der Waals surface area contributed by atoms with Crippen molar-refractivity contribution < 1.29 is 14.3 Å². The first-order valence-electron chi connectivity index (χ1n) is 8.89. The number of morpholine rings is 1. The smallest absolute Gasteiger partial charge is 0.319 e. The van der Waals surface area contributed by atoms with Crippen molar-refractivity contribution in [1.82, 2.24) is 25.0 Å². The molecular formula is C18H24N6O3. The Balaban J connectivity index is 1.47. The molecule has 2 N–H and O–H groups in total. The van der Waals surface area contributed by atoms with Crippen LogP contribution in [0, 0.1) is 0 Å². The van der Waals surface area contributed by atoms with Gasteiger partial charge in [0.2, 0.25) is 5.91 Å². The largest absolute Gasteiger partial charge is 0.372 e. The normalized spacial score (nSPS) is 19.6. The highest BCUT2D eigenvalue weighted by Crippen LogP contribution is 2.12. The van der Waals surface area contributed by atoms with E-state index in [1.54, 1.807) is 23.5 Å². The van der Waals surface area contributed by atoms with Gasteiger partial charge in [0.25, 0.3) is 0 Å². The van der Waals surface area contributed by atoms with Gasteiger partial charge in [-0.2, -0.15) is 5.10 Å². The fourth-order valence-corrected chi connectivity index (χ4v) is 3.00. The minimum absolute atomic E-state index is 0.0207. The van der Waals surface area contributed by atoms with Crippen molar-refractivity contribution in [2.75, 3.05) is 18.4 Å². The van der Waals surface area contributed by atoms with Gasteiger partial charge in [0, 0.05) is 38.2 Å². The molecule has 0 spiro atoms. The van der Waals surface area contributed by atoms with Gasteiger partial charge in [0.05, 0.1) is 24.1 Å². The van der Waals surface area contributed by atoms with Gasteiger partial charge in [0.1, 0.15) is 6.54 Å². The van der Waals surface area contributed by atoms with Crippen molar-refractivity contribution in [3.63, 3.8) is 0 Å². The Morgan fingerprint density at radius 1 is 1.26 bits per heavy atom. The van der Waals surface area contributed by atoms with E-state index in [1.807, 2.05) is 26.0 Å². The summed E-state index contributed by atoms with van der Waals surface area (Å²) < 4.78 is 7.16. The van der Waals surface area contributed by atoms with Gasteiger partial charge in [0.15, 0.2) is 0 Å². The Morgan fingerprint density at radius 3 is 2.74 bits per heavy atom. The van der Waals surface area contributed by atoms with Gasteiger partial charge in [-0.05, 0) is 25.5 Å². The summed E-state index contributed by atoms with van der Waals surface area (Å²) in [4.78, 5) is 30.2. The van der Waals surface area contributed by atoms with Gasteiger partial charge in [-0.15, -0.1) is 0 Å². The zero-order valence-corrected chi connectivity index (χ0v) is 15.5. The van der Waals surface area contributed by atoms with E-state index in [-0.39, 0.29) is 30.7 Å². The number of nitrogens with one attached hydrogen (secondary N) is 2. The molecule has 0 bridgehead atoms. The Labute approximate surface area is 157 Å². The highest BCUT2D eigenvalue weighted by atomic mass is 16.5. The summed E-state index contributed by atoms with van der Waals surface area (Å²) in [5, 5.41) is 9.59. The van der Waals surface area contributed by atoms with Gasteiger partial charge >= 0.3 is 6.03 Å². The third kappa shape index (κ3) is 5.52. The average Bonchev–Trinajstić information content (AvgIpc) is 3.07. The Bertz CT molecular complexity index is 768. The second-order valence-electron chi connectivity index (χ2n) is 6.65. The molecule has 9 nitrogen and oxygen atoms in total. The molecule has 0 saturated carbocycles. The van der Waals surface area contributed by atoms with Crippen molar-refractivity contribution in [3.05, 3.63) is 42.5 Å². The number of anilines is 1. The lowest BCUT2D eigenvalue weighted by Gasteiger charge is -2.35. The molecule has 1 fully saturated rings. The van der Waals surface area contributed by atoms with E-state index in [9.17, 15) is 9.59 Å². The second-order valence-corrected chi connectivity index (χ2v) is 6.65. The number of carbonyl (C=O) groups is 2. The molecule has 0 radical (unpaired) electrons. The number of aromatic nitrogens is 3. The van der Waals surface area contributed by atoms with Crippen LogP contribution in [0.5, 0.6) is 0 Å². The molecule has 1 saturated heterocycles. The molecule has 0 aromatic carbocycles. The first kappa shape index (κ1) is 18.8. The first-order chi connectivity index (χ1) is 13.0. The predicted molar refractivity (Wildman–Crippen MR) is 98.9 cm³/mol. The number of nitrogens with zero attached hydrogens (tertiary/aromatic N) is 4. The molecule has 0 aliphatic carbocycles. The molecule has 1 aliphatic rings. The van der Waals surface area contributed by atoms with Crippen LogP contribution in [0.1, 0.15) is 19.4 Å². The van der Waals surface area contributed by atoms with Crippen LogP contribution in [0.15, 0.2) is 36.9 Å². The Kier molecular flexibility index (Phi) is 6.02. The number of carbonyl (C=O) groups excluding carboxylic acids is 2. The third-order valence-electron chi connectivity index (χ3n) is 4.14. The Morgan fingerprint density at radius 2 is 2.04 bits per heavy atom. The Hall–Kier alpha value is -2.94. The highest BCUT2D eigenvalue weighted by molar-refractivity contribution is 5.88. The van der Waals surface area contributed by atoms with Gasteiger partial charge < -0.3 is 20.3 Å². The monoisotopic (exact) mass is 372 g/mol. The average molecular weight is 372 g/mol. The van der Waals surface area contributed by atoms with Crippen molar-refractivity contribution in [2.24, 2.45) is 0 Å². The van der Waals surface area contributed by atoms with E-state index in [0.717, 1.165) is 5.56 Å². The quantitative estimate of drug-likeness (QED) is 0.822. The maximum absolute atomic E-state index is 12.5. The van der Waals surface area contributed by atoms with Gasteiger partial charge in [-0.3, -0.25) is 14.5 Å². The van der Waals surface area contributed by atoms with Crippen molar-refractivity contribution in [1.29, 1.82) is 0 Å². The molecule has 2 aromatic rings. The molecule has 144 valence electrons. The molecular weight excluding hydrogens is 348 g/mol. The molecule has 3 heterocycles. The van der Waals surface area contributed by atoms with Crippen LogP contribution < -0.4 is 10.6 Å². The molecule has 2 aromatic heterocycles. The lowest BCUT2D eigenvalue weighted by Crippen LogP contribution is -2.49. The van der Waals surface area contributed by atoms with Gasteiger partial charge in [-0.1, -0.05) is 6.07 Å². The van der Waals surface area contributed by atoms with E-state index in [0.29, 0.717) is 25.3 Å². The fraction of sp³-hybridized carbons (Fsp3) is 0.444. The predicted octanol–water partition coefficient (Wildman–Crippen LogP) is 1.24. The molecule has 3 rings (SSSR count). The van der Waals surface area contributed by atoms with Crippen LogP contribution in [-0.4, -0.2) is 56.9 Å². The van der Waals surface area contributed by atoms with Crippen LogP contribution in [0.4, 0.5) is 10.5 Å². The van der Waals surface area contributed by atoms with Crippen LogP contribution in [0.3, 0.4) is 0 Å². The van der Waals surface area contributed by atoms with E-state index in [2.05, 4.69) is 20.7 Å². The van der Waals surface area contributed by atoms with E-state index in [1.165, 1.54) is 10.9 Å². The summed E-state index contributed by atoms with van der Waals surface area (Å²) in [6.07, 6.45) is 6.57. The third-order valence-corrected chi connectivity index (χ3v) is 4.14. The fourth-order valence-electron chi connectivity index (χ4n) is 3.00. The van der Waals surface area contributed by atoms with E-state index in [4.69, 9.17) is 4.74 Å². The number of hydrogen-bond donors (Lipinski definition) is 2. The van der Waals surface area contributed by atoms with Crippen LogP contribution >= 0.6 is 0 Å². The number of amides is 3. The van der Waals surface area contributed by atoms with Crippen molar-refractivity contribution in [3.8, 4) is 0 Å². The zero-order valence-electron chi connectivity index (χ0n) is 15.5. The standard InChI is InChI=1S/C18H24N6O3/c1-13-9-23(10-14(2)27-13)17(25)12-24-11-16(8-21-24)22-18(26)20-7-15-4-3-5-19-6-15/h3-6,8,11,13-14H,7,9-10,12H2,1-2H3,(H2,20,22,26). The maximum Gasteiger partial charge on any atom is 0.319 e. The number of urea groups is 1. The van der Waals surface area contributed by atoms with Crippen LogP contribution in [0.2, 0.25) is 0 Å². The number of hydrogen-bond acceptors (Lipinski definition) is 5. The topological polar surface area (TPSA) is 101 Å². The summed E-state index contributed by atoms with van der Waals surface area (Å²) in [7, 11) is 0. The molecule has 2 unspecified atom stereocenters. The van der Waals surface area contributed by atoms with Crippen molar-refractivity contribution in [2.45, 2.75) is 39.1 Å². The zero-order chi connectivity index (χ0) is 19.2. The van der Waals surface area contributed by atoms with Crippen LogP contribution in [-0.2, 0) is 22.6 Å². The van der Waals surface area contributed by atoms with Crippen molar-refractivity contribution >= 4 is 17.6 Å². The molecule has 3 amide bonds. The second kappa shape index (κ2) is 8.63. The molecule has 2 atom stereocenters. The maximum atomic E-state index is 12.5. The number of rotatable bonds is 5. The summed E-state index contributed by atoms with van der Waals surface area (Å²) in [5.41, 5.74) is 1.43. The SMILES string of the molecule is CC1CN(C(=O)Cn2cc(NC(=O)NCc3cccnc3)cn2)CC(C)O1. The molecule has 1 aliphatic heterocycles. The lowest BCUT2D eigenvalue weighted by atomic mass is 10.2. The lowest BCUT2D eigenvalue weighted by molar-refractivity contribution is -0.144. The van der Waals surface area contributed by atoms with Gasteiger partial charge in [-0.25, -0.2) is 4.79 Å². The number of pyridine rings is 1. The minimum atomic E-state index is -0.347. The molecule has 27 heavy (non-hydrogen) atoms. The summed E-state index contributed by atoms with van der Waals surface area (Å²) in [5.74, 6) is -0.0207. The summed E-state index contributed by atoms with van der Waals surface area (Å²) in [6.45, 7) is 5.56. The number of ether oxygens (including phenoxy) is 1. The first-order valence-corrected chi connectivity index (χ1v) is 8.89. The molecule has 9 heteroatoms. The summed E-state index contributed by atoms with van der Waals surface area (Å²) >= 11 is 0. The van der Waals surface area contributed by atoms with E-state index >= 15 is 0 Å². The van der Waals surface area contributed by atoms with E-state index < -0.39 is 0 Å². The highest BCUT2D eigenvalue weighted by Gasteiger charge is 2.26. The minimum Gasteiger partial charge on any atom is -0.372 e. The summed E-state index contributed by atoms with van der Waals surface area (Å²) in [6, 6.07) is 3.34. The van der Waals surface area contributed by atoms with Crippen LogP contribution in [0.25, 0.3) is 0 Å².